The number of rotatable bonds is 2. The second-order valence-corrected chi connectivity index (χ2v) is 17.2. The molecular weight excluding hydrogens is 537 g/mol. The highest BCUT2D eigenvalue weighted by atomic mass is 32.1. The van der Waals surface area contributed by atoms with E-state index in [-0.39, 0.29) is 0 Å². The Kier molecular flexibility index (Phi) is 6.20. The van der Waals surface area contributed by atoms with Gasteiger partial charge in [-0.3, -0.25) is 0 Å². The molecule has 0 spiro atoms. The first-order chi connectivity index (χ1) is 21.3. The maximum atomic E-state index is 2.63. The molecule has 1 heteroatoms. The van der Waals surface area contributed by atoms with Gasteiger partial charge in [0.05, 0.1) is 0 Å². The highest BCUT2D eigenvalue weighted by Gasteiger charge is 2.62. The van der Waals surface area contributed by atoms with Crippen LogP contribution in [0, 0.1) is 59.2 Å². The van der Waals surface area contributed by atoms with Crippen LogP contribution in [0.5, 0.6) is 0 Å². The zero-order chi connectivity index (χ0) is 28.1. The average Bonchev–Trinajstić information content (AvgIpc) is 3.46. The molecule has 6 aliphatic carbocycles. The second kappa shape index (κ2) is 10.2. The molecule has 0 N–H and O–H groups in total. The average molecular weight is 585 g/mol. The minimum absolute atomic E-state index is 0.763. The van der Waals surface area contributed by atoms with E-state index in [2.05, 4.69) is 66.7 Å². The zero-order valence-corrected chi connectivity index (χ0v) is 26.6. The number of fused-ring (bicyclic) bond motifs is 9. The minimum atomic E-state index is 0.763. The molecule has 0 radical (unpaired) electrons. The number of benzene rings is 3. The van der Waals surface area contributed by atoms with E-state index < -0.39 is 0 Å². The third-order valence-electron chi connectivity index (χ3n) is 14.6. The van der Waals surface area contributed by atoms with E-state index in [4.69, 9.17) is 0 Å². The predicted octanol–water partition coefficient (Wildman–Crippen LogP) is 12.1. The van der Waals surface area contributed by atoms with Gasteiger partial charge in [0.25, 0.3) is 0 Å². The molecule has 222 valence electrons. The van der Waals surface area contributed by atoms with Crippen molar-refractivity contribution in [2.45, 2.75) is 89.4 Å². The molecule has 10 rings (SSSR count). The van der Waals surface area contributed by atoms with E-state index in [1.807, 2.05) is 11.3 Å². The molecule has 0 nitrogen and oxygen atoms in total. The van der Waals surface area contributed by atoms with Crippen LogP contribution in [0.25, 0.3) is 31.3 Å². The molecule has 1 aromatic heterocycles. The fraction of sp³-hybridized carbons (Fsp3) is 0.571. The van der Waals surface area contributed by atoms with Gasteiger partial charge < -0.3 is 0 Å². The van der Waals surface area contributed by atoms with Crippen LogP contribution in [-0.2, 0) is 0 Å². The Morgan fingerprint density at radius 1 is 0.442 bits per heavy atom. The first-order valence-electron chi connectivity index (χ1n) is 18.3. The van der Waals surface area contributed by atoms with Crippen LogP contribution in [0.2, 0.25) is 0 Å². The fourth-order valence-corrected chi connectivity index (χ4v) is 14.5. The molecule has 8 atom stereocenters. The van der Waals surface area contributed by atoms with Crippen molar-refractivity contribution < 1.29 is 0 Å². The Bertz CT molecular complexity index is 1620. The SMILES string of the molecule is c1cc(-c2ccc3sc4ccccc4c3c2)cc(C2CC3C4CCCCC4C4CCCC5C6CCCCC6C(C2)C3C45)c1. The summed E-state index contributed by atoms with van der Waals surface area (Å²) in [5.41, 5.74) is 4.50. The van der Waals surface area contributed by atoms with Gasteiger partial charge in [-0.2, -0.15) is 0 Å². The summed E-state index contributed by atoms with van der Waals surface area (Å²) >= 11 is 1.93. The van der Waals surface area contributed by atoms with Crippen molar-refractivity contribution >= 4 is 31.5 Å². The van der Waals surface area contributed by atoms with Crippen LogP contribution in [0.4, 0.5) is 0 Å². The van der Waals surface area contributed by atoms with Gasteiger partial charge in [-0.25, -0.2) is 0 Å². The number of hydrogen-bond acceptors (Lipinski definition) is 1. The van der Waals surface area contributed by atoms with Crippen LogP contribution in [0.3, 0.4) is 0 Å². The summed E-state index contributed by atoms with van der Waals surface area (Å²) in [6.07, 6.45) is 20.1. The second-order valence-electron chi connectivity index (χ2n) is 16.1. The third-order valence-corrected chi connectivity index (χ3v) is 15.8. The molecule has 6 saturated carbocycles. The highest BCUT2D eigenvalue weighted by molar-refractivity contribution is 7.25. The van der Waals surface area contributed by atoms with E-state index in [9.17, 15) is 0 Å². The summed E-state index contributed by atoms with van der Waals surface area (Å²) in [5.74, 6) is 11.4. The van der Waals surface area contributed by atoms with Crippen LogP contribution >= 0.6 is 11.3 Å². The van der Waals surface area contributed by atoms with E-state index in [1.54, 1.807) is 50.5 Å². The summed E-state index contributed by atoms with van der Waals surface area (Å²) in [5, 5.41) is 2.84. The van der Waals surface area contributed by atoms with Gasteiger partial charge in [0.1, 0.15) is 0 Å². The van der Waals surface area contributed by atoms with Crippen LogP contribution in [0.1, 0.15) is 95.0 Å². The summed E-state index contributed by atoms with van der Waals surface area (Å²) < 4.78 is 2.82. The Hall–Kier alpha value is -2.12. The molecule has 43 heavy (non-hydrogen) atoms. The van der Waals surface area contributed by atoms with Gasteiger partial charge in [-0.15, -0.1) is 11.3 Å². The summed E-state index contributed by atoms with van der Waals surface area (Å²) in [6.45, 7) is 0. The molecule has 4 aromatic rings. The Labute approximate surface area is 262 Å². The van der Waals surface area contributed by atoms with Crippen molar-refractivity contribution in [1.82, 2.24) is 0 Å². The molecule has 0 amide bonds. The molecule has 0 bridgehead atoms. The monoisotopic (exact) mass is 584 g/mol. The van der Waals surface area contributed by atoms with E-state index in [0.29, 0.717) is 0 Å². The van der Waals surface area contributed by atoms with Crippen molar-refractivity contribution in [3.05, 3.63) is 72.3 Å². The van der Waals surface area contributed by atoms with Crippen molar-refractivity contribution in [2.24, 2.45) is 59.2 Å². The quantitative estimate of drug-likeness (QED) is 0.220. The van der Waals surface area contributed by atoms with Crippen molar-refractivity contribution in [3.63, 3.8) is 0 Å². The number of thiophene rings is 1. The van der Waals surface area contributed by atoms with E-state index in [1.165, 1.54) is 69.8 Å². The van der Waals surface area contributed by atoms with Crippen molar-refractivity contribution in [3.8, 4) is 11.1 Å². The fourth-order valence-electron chi connectivity index (χ4n) is 13.4. The first kappa shape index (κ1) is 26.1. The molecule has 3 aromatic carbocycles. The molecule has 1 heterocycles. The Morgan fingerprint density at radius 2 is 1.02 bits per heavy atom. The van der Waals surface area contributed by atoms with Gasteiger partial charge in [-0.05, 0) is 151 Å². The first-order valence-corrected chi connectivity index (χ1v) is 19.1. The lowest BCUT2D eigenvalue weighted by Gasteiger charge is -2.68. The summed E-state index contributed by atoms with van der Waals surface area (Å²) in [4.78, 5) is 0. The van der Waals surface area contributed by atoms with Gasteiger partial charge >= 0.3 is 0 Å². The van der Waals surface area contributed by atoms with Gasteiger partial charge in [0.2, 0.25) is 0 Å². The van der Waals surface area contributed by atoms with Crippen molar-refractivity contribution in [2.75, 3.05) is 0 Å². The molecule has 6 fully saturated rings. The summed E-state index contributed by atoms with van der Waals surface area (Å²) in [7, 11) is 0. The van der Waals surface area contributed by atoms with Gasteiger partial charge in [-0.1, -0.05) is 80.6 Å². The largest absolute Gasteiger partial charge is 0.135 e. The lowest BCUT2D eigenvalue weighted by atomic mass is 9.37. The van der Waals surface area contributed by atoms with Crippen molar-refractivity contribution in [1.29, 1.82) is 0 Å². The number of hydrogen-bond donors (Lipinski definition) is 0. The smallest absolute Gasteiger partial charge is 0.0355 e. The maximum absolute atomic E-state index is 2.63. The minimum Gasteiger partial charge on any atom is -0.135 e. The maximum Gasteiger partial charge on any atom is 0.0355 e. The zero-order valence-electron chi connectivity index (χ0n) is 25.8. The highest BCUT2D eigenvalue weighted by Crippen LogP contribution is 2.70. The Morgan fingerprint density at radius 3 is 1.74 bits per heavy atom. The van der Waals surface area contributed by atoms with Crippen LogP contribution < -0.4 is 0 Å². The Balaban J connectivity index is 1.04. The molecule has 0 saturated heterocycles. The molecule has 6 aliphatic rings. The normalized spacial score (nSPS) is 40.0. The topological polar surface area (TPSA) is 0 Å². The van der Waals surface area contributed by atoms with Gasteiger partial charge in [0.15, 0.2) is 0 Å². The molecule has 0 aliphatic heterocycles. The molecule has 8 unspecified atom stereocenters. The van der Waals surface area contributed by atoms with E-state index in [0.717, 1.165) is 65.1 Å². The van der Waals surface area contributed by atoms with Gasteiger partial charge in [0, 0.05) is 20.2 Å². The predicted molar refractivity (Wildman–Crippen MR) is 182 cm³/mol. The van der Waals surface area contributed by atoms with Crippen LogP contribution in [-0.4, -0.2) is 0 Å². The lowest BCUT2D eigenvalue weighted by Crippen LogP contribution is -2.61. The summed E-state index contributed by atoms with van der Waals surface area (Å²) in [6, 6.07) is 26.1. The lowest BCUT2D eigenvalue weighted by molar-refractivity contribution is -0.189. The standard InChI is InChI=1S/C42H48S/c1-3-13-31-29(11-1)34-16-8-17-35-30-12-2-4-14-32(30)38-24-28(23-37(31)42(38)41(34)35)26-10-7-9-25(21-26)27-19-20-40-36(22-27)33-15-5-6-18-39(33)43-40/h5-7,9-10,15,18-22,28-32,34-35,37-38,41-42H,1-4,8,11-14,16-17,23-24H2. The third kappa shape index (κ3) is 3.98. The van der Waals surface area contributed by atoms with E-state index >= 15 is 0 Å². The molecular formula is C42H48S. The van der Waals surface area contributed by atoms with Crippen LogP contribution in [0.15, 0.2) is 66.7 Å².